The summed E-state index contributed by atoms with van der Waals surface area (Å²) < 4.78 is 18.9. The Balaban J connectivity index is 1.52. The number of halogens is 2. The number of hydrogen-bond acceptors (Lipinski definition) is 5. The van der Waals surface area contributed by atoms with Gasteiger partial charge in [-0.05, 0) is 47.3 Å². The molecule has 2 N–H and O–H groups in total. The highest BCUT2D eigenvalue weighted by Gasteiger charge is 2.09. The van der Waals surface area contributed by atoms with Crippen LogP contribution in [0, 0.1) is 5.82 Å². The summed E-state index contributed by atoms with van der Waals surface area (Å²) in [6.07, 6.45) is 1.44. The predicted molar refractivity (Wildman–Crippen MR) is 111 cm³/mol. The number of para-hydroxylation sites is 1. The van der Waals surface area contributed by atoms with Crippen LogP contribution in [-0.4, -0.2) is 24.6 Å². The molecule has 1 aromatic heterocycles. The van der Waals surface area contributed by atoms with E-state index in [1.54, 1.807) is 41.8 Å². The van der Waals surface area contributed by atoms with Gasteiger partial charge in [-0.1, -0.05) is 29.8 Å². The summed E-state index contributed by atoms with van der Waals surface area (Å²) in [7, 11) is 0. The van der Waals surface area contributed by atoms with E-state index in [9.17, 15) is 14.0 Å². The number of amides is 2. The fraction of sp³-hybridized carbons (Fsp3) is 0.0500. The quantitative estimate of drug-likeness (QED) is 0.432. The fourth-order valence-electron chi connectivity index (χ4n) is 2.23. The highest BCUT2D eigenvalue weighted by molar-refractivity contribution is 7.12. The number of nitrogens with zero attached hydrogens (tertiary/aromatic N) is 1. The molecule has 0 aliphatic heterocycles. The first-order valence-corrected chi connectivity index (χ1v) is 9.62. The standard InChI is InChI=1S/C20H15ClFN3O3S/c21-14-10-13(11-23-25-20(27)18-6-3-9-29-18)7-8-17(14)28-12-19(26)24-16-5-2-1-4-15(16)22/h1-11H,12H2,(H,24,26)(H,25,27)/b23-11+. The number of nitrogens with one attached hydrogen (secondary N) is 2. The SMILES string of the molecule is O=C(COc1ccc(/C=N/NC(=O)c2cccs2)cc1Cl)Nc1ccccc1F. The van der Waals surface area contributed by atoms with E-state index < -0.39 is 11.7 Å². The third-order valence-electron chi connectivity index (χ3n) is 3.59. The van der Waals surface area contributed by atoms with E-state index in [2.05, 4.69) is 15.8 Å². The van der Waals surface area contributed by atoms with E-state index in [1.807, 2.05) is 0 Å². The normalized spacial score (nSPS) is 10.7. The van der Waals surface area contributed by atoms with Crippen molar-refractivity contribution in [2.24, 2.45) is 5.10 Å². The van der Waals surface area contributed by atoms with Gasteiger partial charge in [0.05, 0.1) is 21.8 Å². The number of ether oxygens (including phenoxy) is 1. The maximum Gasteiger partial charge on any atom is 0.281 e. The second-order valence-corrected chi connectivity index (χ2v) is 7.04. The van der Waals surface area contributed by atoms with Crippen LogP contribution < -0.4 is 15.5 Å². The molecule has 6 nitrogen and oxygen atoms in total. The molecule has 3 aromatic rings. The third kappa shape index (κ3) is 5.87. The number of anilines is 1. The first kappa shape index (κ1) is 20.5. The van der Waals surface area contributed by atoms with Crippen LogP contribution in [0.4, 0.5) is 10.1 Å². The van der Waals surface area contributed by atoms with Crippen molar-refractivity contribution in [3.05, 3.63) is 81.3 Å². The number of thiophene rings is 1. The van der Waals surface area contributed by atoms with Gasteiger partial charge in [0.15, 0.2) is 6.61 Å². The van der Waals surface area contributed by atoms with Crippen molar-refractivity contribution in [3.8, 4) is 5.75 Å². The summed E-state index contributed by atoms with van der Waals surface area (Å²) in [6.45, 7) is -0.335. The molecule has 148 valence electrons. The smallest absolute Gasteiger partial charge is 0.281 e. The summed E-state index contributed by atoms with van der Waals surface area (Å²) in [5.41, 5.74) is 3.12. The first-order valence-electron chi connectivity index (χ1n) is 8.36. The van der Waals surface area contributed by atoms with E-state index in [0.717, 1.165) is 0 Å². The topological polar surface area (TPSA) is 79.8 Å². The van der Waals surface area contributed by atoms with Gasteiger partial charge < -0.3 is 10.1 Å². The largest absolute Gasteiger partial charge is 0.482 e. The average Bonchev–Trinajstić information content (AvgIpc) is 3.24. The summed E-state index contributed by atoms with van der Waals surface area (Å²) >= 11 is 7.47. The molecule has 9 heteroatoms. The lowest BCUT2D eigenvalue weighted by molar-refractivity contribution is -0.118. The predicted octanol–water partition coefficient (Wildman–Crippen LogP) is 4.32. The van der Waals surface area contributed by atoms with Gasteiger partial charge in [-0.25, -0.2) is 9.82 Å². The summed E-state index contributed by atoms with van der Waals surface area (Å²) in [4.78, 5) is 24.3. The minimum absolute atomic E-state index is 0.0725. The number of carbonyl (C=O) groups excluding carboxylic acids is 2. The number of rotatable bonds is 7. The van der Waals surface area contributed by atoms with Crippen LogP contribution in [0.15, 0.2) is 65.1 Å². The Labute approximate surface area is 175 Å². The monoisotopic (exact) mass is 431 g/mol. The van der Waals surface area contributed by atoms with Crippen LogP contribution in [-0.2, 0) is 4.79 Å². The second kappa shape index (κ2) is 9.81. The lowest BCUT2D eigenvalue weighted by atomic mass is 10.2. The molecule has 29 heavy (non-hydrogen) atoms. The van der Waals surface area contributed by atoms with Gasteiger partial charge >= 0.3 is 0 Å². The average molecular weight is 432 g/mol. The highest BCUT2D eigenvalue weighted by Crippen LogP contribution is 2.25. The molecule has 0 saturated carbocycles. The van der Waals surface area contributed by atoms with E-state index in [4.69, 9.17) is 16.3 Å². The molecule has 0 saturated heterocycles. The Morgan fingerprint density at radius 1 is 1.17 bits per heavy atom. The molecule has 3 rings (SSSR count). The van der Waals surface area contributed by atoms with Crippen LogP contribution >= 0.6 is 22.9 Å². The molecule has 0 aliphatic rings. The summed E-state index contributed by atoms with van der Waals surface area (Å²) in [6, 6.07) is 14.1. The Morgan fingerprint density at radius 2 is 2.00 bits per heavy atom. The van der Waals surface area contributed by atoms with Crippen molar-refractivity contribution in [3.63, 3.8) is 0 Å². The van der Waals surface area contributed by atoms with Crippen molar-refractivity contribution >= 4 is 46.7 Å². The van der Waals surface area contributed by atoms with Gasteiger partial charge in [0.1, 0.15) is 11.6 Å². The maximum absolute atomic E-state index is 13.5. The Hall–Kier alpha value is -3.23. The van der Waals surface area contributed by atoms with Gasteiger partial charge in [-0.2, -0.15) is 5.10 Å². The first-order chi connectivity index (χ1) is 14.0. The van der Waals surface area contributed by atoms with Crippen molar-refractivity contribution in [2.75, 3.05) is 11.9 Å². The van der Waals surface area contributed by atoms with Crippen LogP contribution in [0.1, 0.15) is 15.2 Å². The van der Waals surface area contributed by atoms with Crippen LogP contribution in [0.2, 0.25) is 5.02 Å². The van der Waals surface area contributed by atoms with Gasteiger partial charge in [0, 0.05) is 0 Å². The number of hydrazone groups is 1. The fourth-order valence-corrected chi connectivity index (χ4v) is 3.09. The number of carbonyl (C=O) groups is 2. The molecule has 0 unspecified atom stereocenters. The van der Waals surface area contributed by atoms with E-state index in [0.29, 0.717) is 10.4 Å². The molecule has 2 aromatic carbocycles. The molecule has 0 atom stereocenters. The molecule has 0 radical (unpaired) electrons. The molecule has 0 aliphatic carbocycles. The molecule has 0 fully saturated rings. The molecular weight excluding hydrogens is 417 g/mol. The maximum atomic E-state index is 13.5. The number of benzene rings is 2. The van der Waals surface area contributed by atoms with Crippen molar-refractivity contribution in [1.29, 1.82) is 0 Å². The Morgan fingerprint density at radius 3 is 2.72 bits per heavy atom. The molecular formula is C20H15ClFN3O3S. The van der Waals surface area contributed by atoms with Gasteiger partial charge in [0.25, 0.3) is 11.8 Å². The lowest BCUT2D eigenvalue weighted by Crippen LogP contribution is -2.20. The van der Waals surface area contributed by atoms with Crippen molar-refractivity contribution < 1.29 is 18.7 Å². The third-order valence-corrected chi connectivity index (χ3v) is 4.75. The van der Waals surface area contributed by atoms with Crippen LogP contribution in [0.25, 0.3) is 0 Å². The highest BCUT2D eigenvalue weighted by atomic mass is 35.5. The van der Waals surface area contributed by atoms with Gasteiger partial charge in [0.2, 0.25) is 0 Å². The van der Waals surface area contributed by atoms with E-state index in [1.165, 1.54) is 35.8 Å². The zero-order valence-electron chi connectivity index (χ0n) is 14.9. The zero-order chi connectivity index (χ0) is 20.6. The van der Waals surface area contributed by atoms with E-state index >= 15 is 0 Å². The zero-order valence-corrected chi connectivity index (χ0v) is 16.5. The lowest BCUT2D eigenvalue weighted by Gasteiger charge is -2.09. The van der Waals surface area contributed by atoms with Crippen LogP contribution in [0.3, 0.4) is 0 Å². The minimum atomic E-state index is -0.534. The van der Waals surface area contributed by atoms with E-state index in [-0.39, 0.29) is 29.0 Å². The second-order valence-electron chi connectivity index (χ2n) is 5.68. The molecule has 0 bridgehead atoms. The number of hydrogen-bond donors (Lipinski definition) is 2. The Kier molecular flexibility index (Phi) is 6.94. The molecule has 1 heterocycles. The van der Waals surface area contributed by atoms with Gasteiger partial charge in [-0.3, -0.25) is 9.59 Å². The summed E-state index contributed by atoms with van der Waals surface area (Å²) in [5, 5.41) is 8.36. The Bertz CT molecular complexity index is 1040. The van der Waals surface area contributed by atoms with Crippen molar-refractivity contribution in [1.82, 2.24) is 5.43 Å². The molecule has 0 spiro atoms. The molecule has 2 amide bonds. The van der Waals surface area contributed by atoms with Crippen LogP contribution in [0.5, 0.6) is 5.75 Å². The van der Waals surface area contributed by atoms with Gasteiger partial charge in [-0.15, -0.1) is 11.3 Å². The minimum Gasteiger partial charge on any atom is -0.482 e. The van der Waals surface area contributed by atoms with Crippen molar-refractivity contribution in [2.45, 2.75) is 0 Å². The summed E-state index contributed by atoms with van der Waals surface area (Å²) in [5.74, 6) is -1.07.